The molecule has 1 fully saturated rings. The highest BCUT2D eigenvalue weighted by Gasteiger charge is 2.31. The molecule has 2 aliphatic rings. The van der Waals surface area contributed by atoms with Crippen molar-refractivity contribution in [1.29, 1.82) is 5.26 Å². The number of allylic oxidation sites excluding steroid dienone is 1. The highest BCUT2D eigenvalue weighted by atomic mass is 19.3. The normalized spacial score (nSPS) is 16.0. The first-order valence-corrected chi connectivity index (χ1v) is 12.0. The van der Waals surface area contributed by atoms with Crippen LogP contribution in [-0.4, -0.2) is 16.0 Å². The fraction of sp³-hybridized carbons (Fsp3) is 0.241. The van der Waals surface area contributed by atoms with Crippen molar-refractivity contribution in [2.24, 2.45) is 0 Å². The molecule has 0 amide bonds. The summed E-state index contributed by atoms with van der Waals surface area (Å²) in [5.41, 5.74) is 6.85. The maximum Gasteiger partial charge on any atom is 0.387 e. The van der Waals surface area contributed by atoms with E-state index < -0.39 is 12.4 Å². The van der Waals surface area contributed by atoms with Crippen molar-refractivity contribution in [3.8, 4) is 17.6 Å². The SMILES string of the molecule is C/C(C#N)=C1/c2ccc(Cc3c(C4CC4)nc4c(OC(F)F)cccn34)cc2COc2cc(F)ccc21. The number of hydrogen-bond acceptors (Lipinski definition) is 4. The van der Waals surface area contributed by atoms with Crippen molar-refractivity contribution in [1.82, 2.24) is 9.38 Å². The van der Waals surface area contributed by atoms with Crippen LogP contribution >= 0.6 is 0 Å². The molecule has 6 rings (SSSR count). The van der Waals surface area contributed by atoms with Gasteiger partial charge in [0.15, 0.2) is 11.4 Å². The van der Waals surface area contributed by atoms with Gasteiger partial charge in [-0.25, -0.2) is 9.37 Å². The summed E-state index contributed by atoms with van der Waals surface area (Å²) in [7, 11) is 0. The number of nitriles is 1. The zero-order valence-corrected chi connectivity index (χ0v) is 20.0. The van der Waals surface area contributed by atoms with Crippen molar-refractivity contribution >= 4 is 11.2 Å². The third-order valence-corrected chi connectivity index (χ3v) is 6.87. The van der Waals surface area contributed by atoms with Gasteiger partial charge in [0, 0.05) is 41.3 Å². The highest BCUT2D eigenvalue weighted by Crippen LogP contribution is 2.43. The summed E-state index contributed by atoms with van der Waals surface area (Å²) in [6, 6.07) is 15.7. The molecule has 0 spiro atoms. The van der Waals surface area contributed by atoms with E-state index in [1.807, 2.05) is 28.8 Å². The number of imidazole rings is 1. The summed E-state index contributed by atoms with van der Waals surface area (Å²) in [5.74, 6) is 0.338. The molecule has 5 nitrogen and oxygen atoms in total. The molecule has 2 aromatic heterocycles. The van der Waals surface area contributed by atoms with Gasteiger partial charge in [0.05, 0.1) is 17.5 Å². The van der Waals surface area contributed by atoms with Crippen LogP contribution in [0.4, 0.5) is 13.2 Å². The Hall–Kier alpha value is -4.25. The molecule has 37 heavy (non-hydrogen) atoms. The van der Waals surface area contributed by atoms with Crippen molar-refractivity contribution in [2.75, 3.05) is 0 Å². The number of benzene rings is 2. The van der Waals surface area contributed by atoms with E-state index in [-0.39, 0.29) is 12.4 Å². The average molecular weight is 502 g/mol. The second kappa shape index (κ2) is 9.00. The lowest BCUT2D eigenvalue weighted by Gasteiger charge is -2.13. The van der Waals surface area contributed by atoms with E-state index in [0.717, 1.165) is 46.5 Å². The van der Waals surface area contributed by atoms with E-state index in [1.54, 1.807) is 19.1 Å². The van der Waals surface area contributed by atoms with Gasteiger partial charge in [-0.15, -0.1) is 0 Å². The lowest BCUT2D eigenvalue weighted by molar-refractivity contribution is -0.0491. The van der Waals surface area contributed by atoms with Crippen molar-refractivity contribution in [2.45, 2.75) is 45.3 Å². The molecule has 2 aromatic carbocycles. The number of halogens is 3. The number of fused-ring (bicyclic) bond motifs is 3. The van der Waals surface area contributed by atoms with Gasteiger partial charge < -0.3 is 13.9 Å². The van der Waals surface area contributed by atoms with Gasteiger partial charge in [-0.1, -0.05) is 18.2 Å². The number of pyridine rings is 1. The number of alkyl halides is 2. The van der Waals surface area contributed by atoms with Gasteiger partial charge in [-0.05, 0) is 60.7 Å². The molecule has 1 aliphatic heterocycles. The van der Waals surface area contributed by atoms with Gasteiger partial charge in [0.25, 0.3) is 0 Å². The molecule has 0 atom stereocenters. The maximum atomic E-state index is 14.0. The molecule has 0 bridgehead atoms. The largest absolute Gasteiger partial charge is 0.488 e. The summed E-state index contributed by atoms with van der Waals surface area (Å²) in [5, 5.41) is 9.69. The molecule has 0 N–H and O–H groups in total. The Bertz CT molecular complexity index is 1610. The van der Waals surface area contributed by atoms with Gasteiger partial charge in [-0.3, -0.25) is 0 Å². The zero-order valence-electron chi connectivity index (χ0n) is 20.0. The van der Waals surface area contributed by atoms with Crippen LogP contribution < -0.4 is 9.47 Å². The lowest BCUT2D eigenvalue weighted by atomic mass is 9.89. The molecule has 4 aromatic rings. The third-order valence-electron chi connectivity index (χ3n) is 6.87. The summed E-state index contributed by atoms with van der Waals surface area (Å²) in [6.07, 6.45) is 4.36. The van der Waals surface area contributed by atoms with Gasteiger partial charge in [-0.2, -0.15) is 14.0 Å². The first kappa shape index (κ1) is 23.2. The van der Waals surface area contributed by atoms with E-state index in [2.05, 4.69) is 6.07 Å². The highest BCUT2D eigenvalue weighted by molar-refractivity contribution is 5.88. The molecule has 1 aliphatic carbocycles. The van der Waals surface area contributed by atoms with Crippen LogP contribution in [-0.2, 0) is 13.0 Å². The van der Waals surface area contributed by atoms with E-state index in [1.165, 1.54) is 18.2 Å². The molecule has 0 unspecified atom stereocenters. The van der Waals surface area contributed by atoms with Crippen LogP contribution in [0.5, 0.6) is 11.5 Å². The quantitative estimate of drug-likeness (QED) is 0.283. The number of aromatic nitrogens is 2. The smallest absolute Gasteiger partial charge is 0.387 e. The topological polar surface area (TPSA) is 59.5 Å². The number of nitrogens with zero attached hydrogens (tertiary/aromatic N) is 3. The molecular weight excluding hydrogens is 479 g/mol. The molecule has 1 saturated carbocycles. The van der Waals surface area contributed by atoms with Crippen LogP contribution in [0.15, 0.2) is 60.3 Å². The maximum absolute atomic E-state index is 14.0. The van der Waals surface area contributed by atoms with Gasteiger partial charge in [0.1, 0.15) is 18.2 Å². The predicted molar refractivity (Wildman–Crippen MR) is 131 cm³/mol. The Kier molecular flexibility index (Phi) is 5.64. The molecule has 3 heterocycles. The fourth-order valence-electron chi connectivity index (χ4n) is 5.05. The van der Waals surface area contributed by atoms with Crippen LogP contribution in [0.1, 0.15) is 59.3 Å². The Morgan fingerprint density at radius 1 is 1.19 bits per heavy atom. The van der Waals surface area contributed by atoms with Crippen molar-refractivity contribution < 1.29 is 22.6 Å². The van der Waals surface area contributed by atoms with E-state index in [4.69, 9.17) is 14.5 Å². The van der Waals surface area contributed by atoms with Gasteiger partial charge in [0.2, 0.25) is 0 Å². The first-order chi connectivity index (χ1) is 17.9. The van der Waals surface area contributed by atoms with Crippen LogP contribution in [0.3, 0.4) is 0 Å². The molecule has 186 valence electrons. The minimum atomic E-state index is -2.93. The molecular formula is C29H22F3N3O2. The van der Waals surface area contributed by atoms with E-state index in [9.17, 15) is 18.4 Å². The summed E-state index contributed by atoms with van der Waals surface area (Å²) in [6.45, 7) is -0.973. The van der Waals surface area contributed by atoms with E-state index in [0.29, 0.717) is 34.9 Å². The third kappa shape index (κ3) is 4.20. The number of rotatable bonds is 5. The standard InChI is InChI=1S/C29H22F3N3O2/c1-16(14-33)26-21-8-4-17(11-19(21)15-36-25-13-20(30)7-9-22(25)26)12-23-27(18-5-6-18)34-28-24(37-29(31)32)3-2-10-35(23)28/h2-4,7-11,13,18,29H,5-6,12,15H2,1H3/b26-16+. The summed E-state index contributed by atoms with van der Waals surface area (Å²) in [4.78, 5) is 4.71. The predicted octanol–water partition coefficient (Wildman–Crippen LogP) is 6.78. The average Bonchev–Trinajstić information content (AvgIpc) is 3.68. The van der Waals surface area contributed by atoms with Crippen molar-refractivity contribution in [3.05, 3.63) is 99.8 Å². The summed E-state index contributed by atoms with van der Waals surface area (Å²) < 4.78 is 52.5. The fourth-order valence-corrected chi connectivity index (χ4v) is 5.05. The number of ether oxygens (including phenoxy) is 2. The molecule has 0 radical (unpaired) electrons. The minimum absolute atomic E-state index is 0.0488. The monoisotopic (exact) mass is 501 g/mol. The molecule has 0 saturated heterocycles. The lowest BCUT2D eigenvalue weighted by Crippen LogP contribution is -2.04. The zero-order chi connectivity index (χ0) is 25.7. The van der Waals surface area contributed by atoms with Gasteiger partial charge >= 0.3 is 6.61 Å². The van der Waals surface area contributed by atoms with Crippen LogP contribution in [0, 0.1) is 17.1 Å². The second-order valence-corrected chi connectivity index (χ2v) is 9.37. The Labute approximate surface area is 211 Å². The first-order valence-electron chi connectivity index (χ1n) is 12.0. The van der Waals surface area contributed by atoms with Crippen LogP contribution in [0.2, 0.25) is 0 Å². The minimum Gasteiger partial charge on any atom is -0.488 e. The van der Waals surface area contributed by atoms with Crippen molar-refractivity contribution in [3.63, 3.8) is 0 Å². The second-order valence-electron chi connectivity index (χ2n) is 9.37. The summed E-state index contributed by atoms with van der Waals surface area (Å²) >= 11 is 0. The Morgan fingerprint density at radius 3 is 2.76 bits per heavy atom. The molecule has 8 heteroatoms. The van der Waals surface area contributed by atoms with Crippen LogP contribution in [0.25, 0.3) is 11.2 Å². The van der Waals surface area contributed by atoms with E-state index >= 15 is 0 Å². The Morgan fingerprint density at radius 2 is 2.00 bits per heavy atom. The Balaban J connectivity index is 1.43. The number of hydrogen-bond donors (Lipinski definition) is 0.